The Bertz CT molecular complexity index is 639. The summed E-state index contributed by atoms with van der Waals surface area (Å²) in [5.74, 6) is 3.05. The lowest BCUT2D eigenvalue weighted by Crippen LogP contribution is -2.27. The highest BCUT2D eigenvalue weighted by Crippen LogP contribution is 2.51. The highest BCUT2D eigenvalue weighted by molar-refractivity contribution is 5.38. The fourth-order valence-corrected chi connectivity index (χ4v) is 6.15. The van der Waals surface area contributed by atoms with E-state index in [-0.39, 0.29) is 0 Å². The van der Waals surface area contributed by atoms with Crippen molar-refractivity contribution in [2.45, 2.75) is 103 Å². The molecule has 0 aromatic heterocycles. The smallest absolute Gasteiger partial charge is 0.0811 e. The Labute approximate surface area is 177 Å². The third-order valence-electron chi connectivity index (χ3n) is 7.80. The van der Waals surface area contributed by atoms with E-state index in [1.54, 1.807) is 5.57 Å². The quantitative estimate of drug-likeness (QED) is 0.564. The summed E-state index contributed by atoms with van der Waals surface area (Å²) in [6.45, 7) is 10.3. The third-order valence-corrected chi connectivity index (χ3v) is 7.80. The molecule has 0 saturated heterocycles. The summed E-state index contributed by atoms with van der Waals surface area (Å²) in [7, 11) is 0. The maximum absolute atomic E-state index is 10.1. The van der Waals surface area contributed by atoms with E-state index in [2.05, 4.69) is 25.7 Å². The van der Waals surface area contributed by atoms with Crippen molar-refractivity contribution < 1.29 is 15.3 Å². The van der Waals surface area contributed by atoms with Crippen LogP contribution in [0.3, 0.4) is 0 Å². The van der Waals surface area contributed by atoms with E-state index >= 15 is 0 Å². The first-order valence-electron chi connectivity index (χ1n) is 11.8. The largest absolute Gasteiger partial charge is 0.393 e. The maximum atomic E-state index is 10.1. The first-order chi connectivity index (χ1) is 13.7. The molecule has 3 fully saturated rings. The lowest BCUT2D eigenvalue weighted by molar-refractivity contribution is 0.0651. The number of fused-ring (bicyclic) bond motifs is 1. The van der Waals surface area contributed by atoms with Gasteiger partial charge in [-0.1, -0.05) is 44.1 Å². The molecule has 0 aromatic carbocycles. The molecule has 3 nitrogen and oxygen atoms in total. The van der Waals surface area contributed by atoms with Crippen molar-refractivity contribution in [2.24, 2.45) is 23.7 Å². The molecule has 0 amide bonds. The minimum Gasteiger partial charge on any atom is -0.393 e. The molecule has 3 N–H and O–H groups in total. The molecule has 3 saturated carbocycles. The van der Waals surface area contributed by atoms with Crippen LogP contribution in [0.2, 0.25) is 0 Å². The first kappa shape index (κ1) is 22.8. The lowest BCUT2D eigenvalue weighted by atomic mass is 9.71. The second-order valence-corrected chi connectivity index (χ2v) is 10.7. The van der Waals surface area contributed by atoms with Gasteiger partial charge in [-0.05, 0) is 93.6 Å². The van der Waals surface area contributed by atoms with Gasteiger partial charge in [-0.15, -0.1) is 0 Å². The molecule has 0 spiro atoms. The Morgan fingerprint density at radius 2 is 1.93 bits per heavy atom. The van der Waals surface area contributed by atoms with Crippen molar-refractivity contribution in [2.75, 3.05) is 0 Å². The van der Waals surface area contributed by atoms with Gasteiger partial charge in [-0.2, -0.15) is 0 Å². The molecule has 3 aliphatic rings. The van der Waals surface area contributed by atoms with Crippen LogP contribution in [0.1, 0.15) is 85.0 Å². The maximum Gasteiger partial charge on any atom is 0.0811 e. The zero-order valence-electron chi connectivity index (χ0n) is 18.7. The van der Waals surface area contributed by atoms with Gasteiger partial charge in [-0.3, -0.25) is 0 Å². The van der Waals surface area contributed by atoms with E-state index in [0.717, 1.165) is 41.7 Å². The molecular weight excluding hydrogens is 360 g/mol. The van der Waals surface area contributed by atoms with Gasteiger partial charge < -0.3 is 15.3 Å². The summed E-state index contributed by atoms with van der Waals surface area (Å²) in [5.41, 5.74) is 2.82. The number of hydrogen-bond donors (Lipinski definition) is 3. The van der Waals surface area contributed by atoms with Crippen LogP contribution in [0, 0.1) is 23.7 Å². The van der Waals surface area contributed by atoms with Crippen LogP contribution in [-0.4, -0.2) is 33.1 Å². The average molecular weight is 403 g/mol. The summed E-state index contributed by atoms with van der Waals surface area (Å²) in [5, 5.41) is 30.1. The normalized spacial score (nSPS) is 37.2. The summed E-state index contributed by atoms with van der Waals surface area (Å²) >= 11 is 0. The predicted octanol–water partition coefficient (Wildman–Crippen LogP) is 5.31. The monoisotopic (exact) mass is 402 g/mol. The predicted molar refractivity (Wildman–Crippen MR) is 119 cm³/mol. The highest BCUT2D eigenvalue weighted by Gasteiger charge is 2.41. The van der Waals surface area contributed by atoms with Gasteiger partial charge in [0.1, 0.15) is 0 Å². The van der Waals surface area contributed by atoms with E-state index in [9.17, 15) is 15.3 Å². The Hall–Kier alpha value is -0.900. The molecule has 6 atom stereocenters. The molecule has 0 aliphatic heterocycles. The molecule has 0 radical (unpaired) electrons. The molecule has 164 valence electrons. The van der Waals surface area contributed by atoms with Crippen LogP contribution < -0.4 is 0 Å². The Balaban J connectivity index is 1.63. The van der Waals surface area contributed by atoms with Crippen LogP contribution in [0.4, 0.5) is 0 Å². The van der Waals surface area contributed by atoms with E-state index in [1.165, 1.54) is 38.5 Å². The standard InChI is InChI=1S/C26H42O3/c1-17(7-6-14-26(3,4)29)22-12-13-23-19(8-5-9-24(22)23)10-11-20-15-21(27)16-25(28)18(20)2/h10-11,17,21-25,27-29H,2,5-9,12-16H2,1,3-4H3/b19-10+,20-11-/t17-,21-,22-,23+,24-,25+/m1/s1. The molecule has 0 aromatic rings. The van der Waals surface area contributed by atoms with Gasteiger partial charge in [0.15, 0.2) is 0 Å². The van der Waals surface area contributed by atoms with Crippen molar-refractivity contribution in [3.63, 3.8) is 0 Å². The fourth-order valence-electron chi connectivity index (χ4n) is 6.15. The third kappa shape index (κ3) is 5.83. The minimum absolute atomic E-state index is 0.407. The Morgan fingerprint density at radius 1 is 1.17 bits per heavy atom. The van der Waals surface area contributed by atoms with Crippen LogP contribution in [0.25, 0.3) is 0 Å². The van der Waals surface area contributed by atoms with Gasteiger partial charge in [0.2, 0.25) is 0 Å². The Kier molecular flexibility index (Phi) is 7.46. The van der Waals surface area contributed by atoms with Crippen molar-refractivity contribution in [1.29, 1.82) is 0 Å². The summed E-state index contributed by atoms with van der Waals surface area (Å²) in [6, 6.07) is 0. The van der Waals surface area contributed by atoms with Crippen LogP contribution in [-0.2, 0) is 0 Å². The number of rotatable bonds is 6. The molecule has 0 unspecified atom stereocenters. The SMILES string of the molecule is C=C1/C(=C\C=C2/CCC[C@@H]3[C@@H]([C@H](C)CCCC(C)(C)O)CC[C@@H]23)C[C@@H](O)C[C@@H]1O. The summed E-state index contributed by atoms with van der Waals surface area (Å²) < 4.78 is 0. The van der Waals surface area contributed by atoms with Gasteiger partial charge in [-0.25, -0.2) is 0 Å². The second-order valence-electron chi connectivity index (χ2n) is 10.7. The number of allylic oxidation sites excluding steroid dienone is 3. The van der Waals surface area contributed by atoms with E-state index in [4.69, 9.17) is 0 Å². The van der Waals surface area contributed by atoms with Crippen molar-refractivity contribution in [1.82, 2.24) is 0 Å². The zero-order chi connectivity index (χ0) is 21.2. The van der Waals surface area contributed by atoms with Gasteiger partial charge in [0, 0.05) is 6.42 Å². The molecular formula is C26H42O3. The molecule has 29 heavy (non-hydrogen) atoms. The molecule has 0 bridgehead atoms. The first-order valence-corrected chi connectivity index (χ1v) is 11.8. The molecule has 3 rings (SSSR count). The van der Waals surface area contributed by atoms with E-state index in [0.29, 0.717) is 18.8 Å². The van der Waals surface area contributed by atoms with E-state index in [1.807, 2.05) is 13.8 Å². The number of aliphatic hydroxyl groups excluding tert-OH is 2. The number of aliphatic hydroxyl groups is 3. The van der Waals surface area contributed by atoms with Crippen molar-refractivity contribution in [3.8, 4) is 0 Å². The van der Waals surface area contributed by atoms with Crippen LogP contribution >= 0.6 is 0 Å². The second kappa shape index (κ2) is 9.49. The molecule has 3 aliphatic carbocycles. The van der Waals surface area contributed by atoms with Gasteiger partial charge in [0.05, 0.1) is 17.8 Å². The van der Waals surface area contributed by atoms with Gasteiger partial charge in [0.25, 0.3) is 0 Å². The lowest BCUT2D eigenvalue weighted by Gasteiger charge is -2.34. The van der Waals surface area contributed by atoms with Crippen LogP contribution in [0.5, 0.6) is 0 Å². The van der Waals surface area contributed by atoms with Crippen LogP contribution in [0.15, 0.2) is 35.5 Å². The summed E-state index contributed by atoms with van der Waals surface area (Å²) in [4.78, 5) is 0. The van der Waals surface area contributed by atoms with Crippen molar-refractivity contribution >= 4 is 0 Å². The highest BCUT2D eigenvalue weighted by atomic mass is 16.3. The fraction of sp³-hybridized carbons (Fsp3) is 0.769. The summed E-state index contributed by atoms with van der Waals surface area (Å²) in [6.07, 6.45) is 14.0. The molecule has 0 heterocycles. The average Bonchev–Trinajstić information content (AvgIpc) is 3.07. The van der Waals surface area contributed by atoms with Crippen molar-refractivity contribution in [3.05, 3.63) is 35.5 Å². The zero-order valence-corrected chi connectivity index (χ0v) is 18.7. The Morgan fingerprint density at radius 3 is 2.66 bits per heavy atom. The van der Waals surface area contributed by atoms with Gasteiger partial charge >= 0.3 is 0 Å². The topological polar surface area (TPSA) is 60.7 Å². The minimum atomic E-state index is -0.608. The number of hydrogen-bond acceptors (Lipinski definition) is 3. The molecule has 3 heteroatoms. The van der Waals surface area contributed by atoms with E-state index < -0.39 is 17.8 Å².